The first-order chi connectivity index (χ1) is 14.8. The summed E-state index contributed by atoms with van der Waals surface area (Å²) in [5.74, 6) is 0.538. The number of carbonyl (C=O) groups excluding carboxylic acids is 1. The summed E-state index contributed by atoms with van der Waals surface area (Å²) in [6.45, 7) is 3.49. The molecule has 6 nitrogen and oxygen atoms in total. The third kappa shape index (κ3) is 6.11. The second kappa shape index (κ2) is 10.0. The van der Waals surface area contributed by atoms with Gasteiger partial charge in [-0.25, -0.2) is 4.79 Å². The first kappa shape index (κ1) is 22.9. The van der Waals surface area contributed by atoms with E-state index in [1.54, 1.807) is 24.3 Å². The molecule has 0 saturated carbocycles. The molecule has 2 amide bonds. The summed E-state index contributed by atoms with van der Waals surface area (Å²) in [6.07, 6.45) is -4.38. The van der Waals surface area contributed by atoms with Gasteiger partial charge in [-0.3, -0.25) is 4.90 Å². The van der Waals surface area contributed by atoms with E-state index in [-0.39, 0.29) is 12.6 Å². The highest BCUT2D eigenvalue weighted by Gasteiger charge is 2.31. The van der Waals surface area contributed by atoms with Crippen molar-refractivity contribution in [3.8, 4) is 5.75 Å². The fraction of sp³-hybridized carbons (Fsp3) is 0.409. The molecule has 2 aromatic rings. The Balaban J connectivity index is 1.71. The van der Waals surface area contributed by atoms with Crippen LogP contribution in [0.4, 0.5) is 23.7 Å². The van der Waals surface area contributed by atoms with Crippen LogP contribution in [0.1, 0.15) is 17.2 Å². The molecule has 2 N–H and O–H groups in total. The number of benzene rings is 2. The molecule has 1 heterocycles. The van der Waals surface area contributed by atoms with Crippen LogP contribution in [0.25, 0.3) is 0 Å². The number of nitrogens with one attached hydrogen (secondary N) is 2. The smallest absolute Gasteiger partial charge is 0.416 e. The maximum atomic E-state index is 12.9. The molecule has 1 atom stereocenters. The van der Waals surface area contributed by atoms with E-state index in [4.69, 9.17) is 4.74 Å². The van der Waals surface area contributed by atoms with Crippen molar-refractivity contribution >= 4 is 11.7 Å². The summed E-state index contributed by atoms with van der Waals surface area (Å²) in [6, 6.07) is 11.6. The minimum absolute atomic E-state index is 0.237. The average Bonchev–Trinajstić information content (AvgIpc) is 2.75. The zero-order valence-electron chi connectivity index (χ0n) is 17.6. The summed E-state index contributed by atoms with van der Waals surface area (Å²) in [4.78, 5) is 16.9. The predicted molar refractivity (Wildman–Crippen MR) is 113 cm³/mol. The zero-order chi connectivity index (χ0) is 22.4. The van der Waals surface area contributed by atoms with Gasteiger partial charge in [0.1, 0.15) is 5.75 Å². The zero-order valence-corrected chi connectivity index (χ0v) is 17.6. The summed E-state index contributed by atoms with van der Waals surface area (Å²) >= 11 is 0. The van der Waals surface area contributed by atoms with Gasteiger partial charge in [0.25, 0.3) is 0 Å². The van der Waals surface area contributed by atoms with Gasteiger partial charge < -0.3 is 20.3 Å². The number of anilines is 1. The number of piperazine rings is 1. The van der Waals surface area contributed by atoms with Crippen LogP contribution in [0.5, 0.6) is 5.75 Å². The van der Waals surface area contributed by atoms with Crippen LogP contribution >= 0.6 is 0 Å². The summed E-state index contributed by atoms with van der Waals surface area (Å²) in [7, 11) is 3.55. The van der Waals surface area contributed by atoms with Crippen molar-refractivity contribution in [3.63, 3.8) is 0 Å². The third-order valence-electron chi connectivity index (χ3n) is 5.41. The Labute approximate surface area is 180 Å². The van der Waals surface area contributed by atoms with Crippen LogP contribution in [0.2, 0.25) is 0 Å². The molecule has 31 heavy (non-hydrogen) atoms. The molecule has 3 rings (SSSR count). The molecule has 9 heteroatoms. The van der Waals surface area contributed by atoms with Crippen LogP contribution in [0, 0.1) is 0 Å². The number of para-hydroxylation sites is 2. The van der Waals surface area contributed by atoms with E-state index in [0.29, 0.717) is 11.4 Å². The second-order valence-electron chi connectivity index (χ2n) is 7.51. The lowest BCUT2D eigenvalue weighted by Crippen LogP contribution is -2.48. The molecule has 0 radical (unpaired) electrons. The Kier molecular flexibility index (Phi) is 7.40. The molecule has 0 aliphatic carbocycles. The molecule has 0 spiro atoms. The molecule has 168 valence electrons. The van der Waals surface area contributed by atoms with Gasteiger partial charge in [0.15, 0.2) is 0 Å². The van der Waals surface area contributed by atoms with Crippen LogP contribution in [0.3, 0.4) is 0 Å². The van der Waals surface area contributed by atoms with E-state index in [9.17, 15) is 18.0 Å². The van der Waals surface area contributed by atoms with Crippen molar-refractivity contribution in [2.45, 2.75) is 12.2 Å². The number of likely N-dealkylation sites (N-methyl/N-ethyl adjacent to an activating group) is 1. The van der Waals surface area contributed by atoms with Crippen molar-refractivity contribution in [1.82, 2.24) is 15.1 Å². The number of hydrogen-bond acceptors (Lipinski definition) is 4. The normalized spacial score (nSPS) is 16.5. The predicted octanol–water partition coefficient (Wildman–Crippen LogP) is 3.82. The monoisotopic (exact) mass is 436 g/mol. The van der Waals surface area contributed by atoms with E-state index in [2.05, 4.69) is 20.4 Å². The Morgan fingerprint density at radius 2 is 1.71 bits per heavy atom. The number of methoxy groups -OCH3 is 1. The SMILES string of the molecule is COc1ccccc1NC(=O)NCC(c1ccc(C(F)(F)F)cc1)N1CCN(C)CC1. The van der Waals surface area contributed by atoms with Crippen LogP contribution in [0.15, 0.2) is 48.5 Å². The molecule has 1 saturated heterocycles. The van der Waals surface area contributed by atoms with Crippen LogP contribution in [-0.4, -0.2) is 62.7 Å². The molecule has 0 bridgehead atoms. The molecule has 0 aromatic heterocycles. The van der Waals surface area contributed by atoms with E-state index in [0.717, 1.165) is 43.9 Å². The first-order valence-corrected chi connectivity index (χ1v) is 10.1. The van der Waals surface area contributed by atoms with Crippen molar-refractivity contribution in [1.29, 1.82) is 0 Å². The number of carbonyl (C=O) groups is 1. The molecular weight excluding hydrogens is 409 g/mol. The highest BCUT2D eigenvalue weighted by molar-refractivity contribution is 5.90. The quantitative estimate of drug-likeness (QED) is 0.723. The minimum Gasteiger partial charge on any atom is -0.495 e. The maximum Gasteiger partial charge on any atom is 0.416 e. The number of nitrogens with zero attached hydrogens (tertiary/aromatic N) is 2. The van der Waals surface area contributed by atoms with Gasteiger partial charge in [-0.05, 0) is 36.9 Å². The average molecular weight is 436 g/mol. The highest BCUT2D eigenvalue weighted by atomic mass is 19.4. The molecule has 1 aliphatic rings. The van der Waals surface area contributed by atoms with Crippen molar-refractivity contribution in [2.24, 2.45) is 0 Å². The molecule has 1 aliphatic heterocycles. The van der Waals surface area contributed by atoms with E-state index in [1.165, 1.54) is 19.2 Å². The van der Waals surface area contributed by atoms with Gasteiger partial charge in [0.2, 0.25) is 0 Å². The number of rotatable bonds is 6. The number of alkyl halides is 3. The Bertz CT molecular complexity index is 866. The van der Waals surface area contributed by atoms with Gasteiger partial charge in [-0.1, -0.05) is 24.3 Å². The molecular formula is C22H27F3N4O2. The van der Waals surface area contributed by atoms with Gasteiger partial charge in [0.05, 0.1) is 24.4 Å². The van der Waals surface area contributed by atoms with Crippen LogP contribution < -0.4 is 15.4 Å². The number of halogens is 3. The lowest BCUT2D eigenvalue weighted by molar-refractivity contribution is -0.137. The number of urea groups is 1. The minimum atomic E-state index is -4.38. The summed E-state index contributed by atoms with van der Waals surface area (Å²) in [5.41, 5.74) is 0.582. The standard InChI is InChI=1S/C22H27F3N4O2/c1-28-11-13-29(14-12-28)19(16-7-9-17(10-8-16)22(23,24)25)15-26-21(30)27-18-5-3-4-6-20(18)31-2/h3-10,19H,11-15H2,1-2H3,(H2,26,27,30). The Hall–Kier alpha value is -2.78. The van der Waals surface area contributed by atoms with Gasteiger partial charge in [-0.2, -0.15) is 13.2 Å². The number of hydrogen-bond donors (Lipinski definition) is 2. The lowest BCUT2D eigenvalue weighted by atomic mass is 10.0. The third-order valence-corrected chi connectivity index (χ3v) is 5.41. The fourth-order valence-corrected chi connectivity index (χ4v) is 3.59. The van der Waals surface area contributed by atoms with Crippen molar-refractivity contribution in [2.75, 3.05) is 52.2 Å². The Morgan fingerprint density at radius 3 is 2.32 bits per heavy atom. The van der Waals surface area contributed by atoms with E-state index >= 15 is 0 Å². The topological polar surface area (TPSA) is 56.8 Å². The van der Waals surface area contributed by atoms with E-state index in [1.807, 2.05) is 7.05 Å². The van der Waals surface area contributed by atoms with Crippen molar-refractivity contribution < 1.29 is 22.7 Å². The Morgan fingerprint density at radius 1 is 1.06 bits per heavy atom. The summed E-state index contributed by atoms with van der Waals surface area (Å²) < 4.78 is 44.1. The highest BCUT2D eigenvalue weighted by Crippen LogP contribution is 2.31. The second-order valence-corrected chi connectivity index (χ2v) is 7.51. The molecule has 1 unspecified atom stereocenters. The van der Waals surface area contributed by atoms with Gasteiger partial charge in [0, 0.05) is 32.7 Å². The molecule has 1 fully saturated rings. The maximum absolute atomic E-state index is 12.9. The van der Waals surface area contributed by atoms with E-state index < -0.39 is 17.8 Å². The largest absolute Gasteiger partial charge is 0.495 e. The fourth-order valence-electron chi connectivity index (χ4n) is 3.59. The summed E-state index contributed by atoms with van der Waals surface area (Å²) in [5, 5.41) is 5.61. The van der Waals surface area contributed by atoms with Crippen molar-refractivity contribution in [3.05, 3.63) is 59.7 Å². The molecule has 2 aromatic carbocycles. The first-order valence-electron chi connectivity index (χ1n) is 10.1. The lowest BCUT2D eigenvalue weighted by Gasteiger charge is -2.38. The van der Waals surface area contributed by atoms with Crippen LogP contribution in [-0.2, 0) is 6.18 Å². The van der Waals surface area contributed by atoms with Gasteiger partial charge >= 0.3 is 12.2 Å². The van der Waals surface area contributed by atoms with Gasteiger partial charge in [-0.15, -0.1) is 0 Å². The number of amides is 2. The number of ether oxygens (including phenoxy) is 1.